The number of methoxy groups -OCH3 is 1. The van der Waals surface area contributed by atoms with Crippen LogP contribution in [-0.4, -0.2) is 32.0 Å². The summed E-state index contributed by atoms with van der Waals surface area (Å²) in [5, 5.41) is 3.74. The average Bonchev–Trinajstić information content (AvgIpc) is 3.06. The van der Waals surface area contributed by atoms with E-state index in [0.29, 0.717) is 39.3 Å². The summed E-state index contributed by atoms with van der Waals surface area (Å²) in [5.41, 5.74) is 3.07. The standard InChI is InChI=1S/C18H15ClN6O/c1-10-8-14(22-9-21-10)24-18-16-12(6-7-20-18)23-17(25-16)15-11(19)4-3-5-13(15)26-2/h3-9H,1-2H3,(H,23,25)(H,20,21,22,24). The Morgan fingerprint density at radius 1 is 1.15 bits per heavy atom. The largest absolute Gasteiger partial charge is 0.496 e. The number of pyridine rings is 1. The molecule has 4 aromatic rings. The van der Waals surface area contributed by atoms with Gasteiger partial charge in [-0.2, -0.15) is 0 Å². The molecule has 0 saturated heterocycles. The molecule has 0 saturated carbocycles. The molecule has 0 aliphatic heterocycles. The fraction of sp³-hybridized carbons (Fsp3) is 0.111. The summed E-state index contributed by atoms with van der Waals surface area (Å²) in [6.07, 6.45) is 3.20. The number of ether oxygens (including phenoxy) is 1. The van der Waals surface area contributed by atoms with Gasteiger partial charge in [0.05, 0.1) is 23.2 Å². The number of hydrogen-bond acceptors (Lipinski definition) is 6. The van der Waals surface area contributed by atoms with Crippen molar-refractivity contribution in [3.05, 3.63) is 53.6 Å². The second kappa shape index (κ2) is 6.61. The third kappa shape index (κ3) is 2.93. The Labute approximate surface area is 154 Å². The van der Waals surface area contributed by atoms with Crippen molar-refractivity contribution >= 4 is 34.3 Å². The summed E-state index contributed by atoms with van der Waals surface area (Å²) in [5.74, 6) is 2.49. The van der Waals surface area contributed by atoms with Gasteiger partial charge in [-0.15, -0.1) is 0 Å². The highest BCUT2D eigenvalue weighted by Gasteiger charge is 2.16. The monoisotopic (exact) mass is 366 g/mol. The number of H-pyrrole nitrogens is 1. The van der Waals surface area contributed by atoms with Crippen LogP contribution in [0.4, 0.5) is 11.6 Å². The molecule has 0 bridgehead atoms. The minimum atomic E-state index is 0.553. The Morgan fingerprint density at radius 2 is 2.04 bits per heavy atom. The Morgan fingerprint density at radius 3 is 2.85 bits per heavy atom. The van der Waals surface area contributed by atoms with Gasteiger partial charge in [-0.1, -0.05) is 17.7 Å². The van der Waals surface area contributed by atoms with E-state index in [1.165, 1.54) is 6.33 Å². The summed E-state index contributed by atoms with van der Waals surface area (Å²) in [4.78, 5) is 20.6. The first kappa shape index (κ1) is 16.3. The molecule has 3 aromatic heterocycles. The van der Waals surface area contributed by atoms with Crippen LogP contribution >= 0.6 is 11.6 Å². The SMILES string of the molecule is COc1cccc(Cl)c1-c1nc2c(Nc3cc(C)ncn3)nccc2[nH]1. The number of hydrogen-bond donors (Lipinski definition) is 2. The van der Waals surface area contributed by atoms with Crippen LogP contribution in [0.15, 0.2) is 42.9 Å². The predicted octanol–water partition coefficient (Wildman–Crippen LogP) is 4.13. The average molecular weight is 367 g/mol. The van der Waals surface area contributed by atoms with Gasteiger partial charge in [0.25, 0.3) is 0 Å². The molecule has 0 atom stereocenters. The molecule has 130 valence electrons. The number of imidazole rings is 1. The number of fused-ring (bicyclic) bond motifs is 1. The highest BCUT2D eigenvalue weighted by Crippen LogP contribution is 2.36. The zero-order chi connectivity index (χ0) is 18.1. The molecule has 0 aliphatic carbocycles. The summed E-state index contributed by atoms with van der Waals surface area (Å²) < 4.78 is 5.42. The first-order valence-corrected chi connectivity index (χ1v) is 8.27. The van der Waals surface area contributed by atoms with E-state index in [4.69, 9.17) is 16.3 Å². The zero-order valence-electron chi connectivity index (χ0n) is 14.1. The van der Waals surface area contributed by atoms with Crippen molar-refractivity contribution in [2.24, 2.45) is 0 Å². The first-order chi connectivity index (χ1) is 12.7. The van der Waals surface area contributed by atoms with Gasteiger partial charge in [0.1, 0.15) is 29.2 Å². The topological polar surface area (TPSA) is 88.6 Å². The van der Waals surface area contributed by atoms with Gasteiger partial charge in [-0.05, 0) is 25.1 Å². The van der Waals surface area contributed by atoms with Crippen molar-refractivity contribution in [2.45, 2.75) is 6.92 Å². The van der Waals surface area contributed by atoms with Crippen LogP contribution in [0.25, 0.3) is 22.4 Å². The van der Waals surface area contributed by atoms with E-state index in [9.17, 15) is 0 Å². The first-order valence-electron chi connectivity index (χ1n) is 7.89. The Hall–Kier alpha value is -3.19. The third-order valence-electron chi connectivity index (χ3n) is 3.88. The number of aryl methyl sites for hydroxylation is 1. The molecule has 0 radical (unpaired) electrons. The van der Waals surface area contributed by atoms with E-state index in [2.05, 4.69) is 30.2 Å². The quantitative estimate of drug-likeness (QED) is 0.564. The summed E-state index contributed by atoms with van der Waals surface area (Å²) in [7, 11) is 1.60. The molecule has 0 spiro atoms. The summed E-state index contributed by atoms with van der Waals surface area (Å²) in [6, 6.07) is 9.17. The van der Waals surface area contributed by atoms with Crippen molar-refractivity contribution < 1.29 is 4.74 Å². The van der Waals surface area contributed by atoms with Crippen LogP contribution in [0.2, 0.25) is 5.02 Å². The molecule has 0 aliphatic rings. The zero-order valence-corrected chi connectivity index (χ0v) is 14.9. The van der Waals surface area contributed by atoms with Crippen molar-refractivity contribution in [1.82, 2.24) is 24.9 Å². The molecular formula is C18H15ClN6O. The molecule has 3 heterocycles. The Bertz CT molecular complexity index is 1090. The van der Waals surface area contributed by atoms with E-state index in [1.54, 1.807) is 19.4 Å². The second-order valence-corrected chi connectivity index (χ2v) is 6.04. The smallest absolute Gasteiger partial charge is 0.159 e. The lowest BCUT2D eigenvalue weighted by Crippen LogP contribution is -1.98. The molecule has 2 N–H and O–H groups in total. The fourth-order valence-corrected chi connectivity index (χ4v) is 2.95. The second-order valence-electron chi connectivity index (χ2n) is 5.63. The minimum absolute atomic E-state index is 0.553. The number of rotatable bonds is 4. The number of benzene rings is 1. The molecule has 7 nitrogen and oxygen atoms in total. The molecule has 4 rings (SSSR count). The lowest BCUT2D eigenvalue weighted by molar-refractivity contribution is 0.416. The Kier molecular flexibility index (Phi) is 4.14. The van der Waals surface area contributed by atoms with E-state index < -0.39 is 0 Å². The van der Waals surface area contributed by atoms with Crippen LogP contribution in [0.1, 0.15) is 5.69 Å². The summed E-state index contributed by atoms with van der Waals surface area (Å²) in [6.45, 7) is 1.90. The number of anilines is 2. The predicted molar refractivity (Wildman–Crippen MR) is 101 cm³/mol. The van der Waals surface area contributed by atoms with Crippen molar-refractivity contribution in [2.75, 3.05) is 12.4 Å². The number of nitrogens with zero attached hydrogens (tertiary/aromatic N) is 4. The van der Waals surface area contributed by atoms with Crippen molar-refractivity contribution in [3.8, 4) is 17.1 Å². The van der Waals surface area contributed by atoms with Crippen LogP contribution in [0, 0.1) is 6.92 Å². The molecule has 1 aromatic carbocycles. The minimum Gasteiger partial charge on any atom is -0.496 e. The van der Waals surface area contributed by atoms with Crippen LogP contribution in [-0.2, 0) is 0 Å². The lowest BCUT2D eigenvalue weighted by Gasteiger charge is -2.07. The maximum absolute atomic E-state index is 6.37. The van der Waals surface area contributed by atoms with E-state index in [0.717, 1.165) is 11.2 Å². The van der Waals surface area contributed by atoms with E-state index in [-0.39, 0.29) is 0 Å². The number of aromatic nitrogens is 5. The molecule has 0 unspecified atom stereocenters. The molecule has 0 amide bonds. The number of aromatic amines is 1. The molecule has 0 fully saturated rings. The molecule has 26 heavy (non-hydrogen) atoms. The normalized spacial score (nSPS) is 10.9. The van der Waals surface area contributed by atoms with Gasteiger partial charge in [0.2, 0.25) is 0 Å². The number of nitrogens with one attached hydrogen (secondary N) is 2. The highest BCUT2D eigenvalue weighted by molar-refractivity contribution is 6.33. The molecule has 8 heteroatoms. The lowest BCUT2D eigenvalue weighted by atomic mass is 10.2. The van der Waals surface area contributed by atoms with Crippen molar-refractivity contribution in [3.63, 3.8) is 0 Å². The maximum atomic E-state index is 6.37. The number of halogens is 1. The fourth-order valence-electron chi connectivity index (χ4n) is 2.69. The van der Waals surface area contributed by atoms with Gasteiger partial charge in [-0.3, -0.25) is 0 Å². The maximum Gasteiger partial charge on any atom is 0.159 e. The third-order valence-corrected chi connectivity index (χ3v) is 4.20. The highest BCUT2D eigenvalue weighted by atomic mass is 35.5. The van der Waals surface area contributed by atoms with Gasteiger partial charge in [0.15, 0.2) is 5.82 Å². The van der Waals surface area contributed by atoms with Crippen LogP contribution in [0.3, 0.4) is 0 Å². The van der Waals surface area contributed by atoms with Gasteiger partial charge in [-0.25, -0.2) is 19.9 Å². The van der Waals surface area contributed by atoms with Crippen LogP contribution < -0.4 is 10.1 Å². The van der Waals surface area contributed by atoms with Crippen molar-refractivity contribution in [1.29, 1.82) is 0 Å². The summed E-state index contributed by atoms with van der Waals surface area (Å²) >= 11 is 6.37. The van der Waals surface area contributed by atoms with Gasteiger partial charge >= 0.3 is 0 Å². The van der Waals surface area contributed by atoms with Gasteiger partial charge < -0.3 is 15.0 Å². The van der Waals surface area contributed by atoms with E-state index in [1.807, 2.05) is 31.2 Å². The van der Waals surface area contributed by atoms with E-state index >= 15 is 0 Å². The Balaban J connectivity index is 1.82. The molecular weight excluding hydrogens is 352 g/mol. The van der Waals surface area contributed by atoms with Gasteiger partial charge in [0, 0.05) is 18.0 Å². The van der Waals surface area contributed by atoms with Crippen LogP contribution in [0.5, 0.6) is 5.75 Å².